The van der Waals surface area contributed by atoms with Crippen molar-refractivity contribution in [2.45, 2.75) is 38.6 Å². The van der Waals surface area contributed by atoms with Gasteiger partial charge in [-0.05, 0) is 36.1 Å². The number of benzene rings is 1. The Morgan fingerprint density at radius 2 is 1.79 bits per heavy atom. The first-order valence-electron chi connectivity index (χ1n) is 6.80. The first-order chi connectivity index (χ1) is 9.35. The van der Waals surface area contributed by atoms with E-state index in [2.05, 4.69) is 17.0 Å². The van der Waals surface area contributed by atoms with Crippen LogP contribution in [0.1, 0.15) is 29.7 Å². The van der Waals surface area contributed by atoms with Crippen LogP contribution in [0.2, 0.25) is 0 Å². The third-order valence-corrected chi connectivity index (χ3v) is 3.59. The summed E-state index contributed by atoms with van der Waals surface area (Å²) >= 11 is 0. The van der Waals surface area contributed by atoms with E-state index >= 15 is 0 Å². The number of furan rings is 1. The minimum atomic E-state index is 0.110. The van der Waals surface area contributed by atoms with Crippen molar-refractivity contribution in [3.05, 3.63) is 59.5 Å². The Morgan fingerprint density at radius 1 is 1.05 bits per heavy atom. The van der Waals surface area contributed by atoms with Gasteiger partial charge in [0.25, 0.3) is 0 Å². The molecule has 1 aromatic carbocycles. The monoisotopic (exact) mass is 257 g/mol. The minimum absolute atomic E-state index is 0.110. The van der Waals surface area contributed by atoms with Gasteiger partial charge in [-0.15, -0.1) is 0 Å². The lowest BCUT2D eigenvalue weighted by atomic mass is 10.1. The van der Waals surface area contributed by atoms with Gasteiger partial charge in [0.2, 0.25) is 0 Å². The van der Waals surface area contributed by atoms with Gasteiger partial charge in [-0.1, -0.05) is 24.3 Å². The van der Waals surface area contributed by atoms with Gasteiger partial charge in [0.15, 0.2) is 0 Å². The van der Waals surface area contributed by atoms with Crippen molar-refractivity contribution in [2.24, 2.45) is 0 Å². The maximum Gasteiger partial charge on any atom is 0.117 e. The van der Waals surface area contributed by atoms with Gasteiger partial charge in [0, 0.05) is 12.6 Å². The molecule has 1 N–H and O–H groups in total. The molecule has 3 heteroatoms. The summed E-state index contributed by atoms with van der Waals surface area (Å²) in [4.78, 5) is 2.47. The molecular formula is C16H19NO2. The van der Waals surface area contributed by atoms with Gasteiger partial charge in [-0.25, -0.2) is 0 Å². The molecule has 0 bridgehead atoms. The van der Waals surface area contributed by atoms with Gasteiger partial charge in [-0.2, -0.15) is 0 Å². The highest BCUT2D eigenvalue weighted by Gasteiger charge is 2.29. The first-order valence-corrected chi connectivity index (χ1v) is 6.80. The second-order valence-electron chi connectivity index (χ2n) is 5.19. The van der Waals surface area contributed by atoms with E-state index in [-0.39, 0.29) is 6.61 Å². The van der Waals surface area contributed by atoms with Crippen LogP contribution in [0.15, 0.2) is 47.1 Å². The molecule has 3 nitrogen and oxygen atoms in total. The highest BCUT2D eigenvalue weighted by atomic mass is 16.3. The molecule has 2 aromatic rings. The quantitative estimate of drug-likeness (QED) is 0.864. The van der Waals surface area contributed by atoms with E-state index in [0.717, 1.165) is 24.4 Å². The van der Waals surface area contributed by atoms with Crippen LogP contribution >= 0.6 is 0 Å². The summed E-state index contributed by atoms with van der Waals surface area (Å²) in [5.41, 5.74) is 2.25. The molecule has 0 aliphatic heterocycles. The van der Waals surface area contributed by atoms with E-state index in [9.17, 15) is 0 Å². The SMILES string of the molecule is OCc1ccc(CN(Cc2ccco2)C2CC2)cc1. The zero-order valence-corrected chi connectivity index (χ0v) is 11.0. The smallest absolute Gasteiger partial charge is 0.117 e. The summed E-state index contributed by atoms with van der Waals surface area (Å²) in [7, 11) is 0. The third-order valence-electron chi connectivity index (χ3n) is 3.59. The average molecular weight is 257 g/mol. The summed E-state index contributed by atoms with van der Waals surface area (Å²) < 4.78 is 5.44. The number of hydrogen-bond donors (Lipinski definition) is 1. The summed E-state index contributed by atoms with van der Waals surface area (Å²) in [5.74, 6) is 1.03. The lowest BCUT2D eigenvalue weighted by Crippen LogP contribution is -2.24. The Labute approximate surface area is 113 Å². The summed E-state index contributed by atoms with van der Waals surface area (Å²) in [6.07, 6.45) is 4.31. The second kappa shape index (κ2) is 5.59. The maximum atomic E-state index is 9.06. The van der Waals surface area contributed by atoms with Crippen molar-refractivity contribution < 1.29 is 9.52 Å². The van der Waals surface area contributed by atoms with Crippen LogP contribution in [-0.2, 0) is 19.7 Å². The second-order valence-corrected chi connectivity index (χ2v) is 5.19. The van der Waals surface area contributed by atoms with E-state index in [1.165, 1.54) is 18.4 Å². The maximum absolute atomic E-state index is 9.06. The molecule has 1 aliphatic carbocycles. The highest BCUT2D eigenvalue weighted by molar-refractivity contribution is 5.22. The van der Waals surface area contributed by atoms with Gasteiger partial charge in [0.05, 0.1) is 19.4 Å². The topological polar surface area (TPSA) is 36.6 Å². The van der Waals surface area contributed by atoms with Gasteiger partial charge in [-0.3, -0.25) is 4.90 Å². The zero-order valence-electron chi connectivity index (χ0n) is 11.0. The van der Waals surface area contributed by atoms with Crippen molar-refractivity contribution >= 4 is 0 Å². The number of aliphatic hydroxyl groups excluding tert-OH is 1. The molecule has 0 saturated heterocycles. The van der Waals surface area contributed by atoms with Crippen LogP contribution in [0.3, 0.4) is 0 Å². The molecule has 3 rings (SSSR count). The van der Waals surface area contributed by atoms with E-state index in [1.807, 2.05) is 24.3 Å². The molecule has 1 saturated carbocycles. The fourth-order valence-electron chi connectivity index (χ4n) is 2.34. The normalized spacial score (nSPS) is 15.1. The number of nitrogens with zero attached hydrogens (tertiary/aromatic N) is 1. The Kier molecular flexibility index (Phi) is 3.67. The number of aliphatic hydroxyl groups is 1. The highest BCUT2D eigenvalue weighted by Crippen LogP contribution is 2.29. The average Bonchev–Trinajstić information content (AvgIpc) is 3.17. The van der Waals surface area contributed by atoms with Crippen LogP contribution in [0.4, 0.5) is 0 Å². The molecule has 0 spiro atoms. The van der Waals surface area contributed by atoms with Crippen molar-refractivity contribution in [1.82, 2.24) is 4.90 Å². The molecule has 1 heterocycles. The molecule has 0 amide bonds. The summed E-state index contributed by atoms with van der Waals surface area (Å²) in [6, 6.07) is 12.9. The zero-order chi connectivity index (χ0) is 13.1. The predicted octanol–water partition coefficient (Wildman–Crippen LogP) is 2.94. The Morgan fingerprint density at radius 3 is 2.37 bits per heavy atom. The lowest BCUT2D eigenvalue weighted by Gasteiger charge is -2.21. The minimum Gasteiger partial charge on any atom is -0.468 e. The van der Waals surface area contributed by atoms with Crippen molar-refractivity contribution in [3.63, 3.8) is 0 Å². The number of rotatable bonds is 6. The van der Waals surface area contributed by atoms with Gasteiger partial charge >= 0.3 is 0 Å². The molecule has 0 atom stereocenters. The first kappa shape index (κ1) is 12.5. The standard InChI is InChI=1S/C16H19NO2/c18-12-14-5-3-13(4-6-14)10-17(15-7-8-15)11-16-2-1-9-19-16/h1-6,9,15,18H,7-8,10-12H2. The van der Waals surface area contributed by atoms with E-state index in [1.54, 1.807) is 6.26 Å². The molecule has 0 radical (unpaired) electrons. The predicted molar refractivity (Wildman–Crippen MR) is 73.3 cm³/mol. The van der Waals surface area contributed by atoms with Crippen molar-refractivity contribution in [1.29, 1.82) is 0 Å². The molecule has 19 heavy (non-hydrogen) atoms. The molecule has 1 aliphatic rings. The summed E-state index contributed by atoms with van der Waals surface area (Å²) in [6.45, 7) is 1.93. The molecule has 1 fully saturated rings. The number of hydrogen-bond acceptors (Lipinski definition) is 3. The lowest BCUT2D eigenvalue weighted by molar-refractivity contribution is 0.225. The third kappa shape index (κ3) is 3.25. The molecule has 0 unspecified atom stereocenters. The van der Waals surface area contributed by atoms with Gasteiger partial charge in [0.1, 0.15) is 5.76 Å². The van der Waals surface area contributed by atoms with Gasteiger partial charge < -0.3 is 9.52 Å². The summed E-state index contributed by atoms with van der Waals surface area (Å²) in [5, 5.41) is 9.06. The fourth-order valence-corrected chi connectivity index (χ4v) is 2.34. The Hall–Kier alpha value is -1.58. The Balaban J connectivity index is 1.66. The molecular weight excluding hydrogens is 238 g/mol. The van der Waals surface area contributed by atoms with Crippen LogP contribution in [0.25, 0.3) is 0 Å². The van der Waals surface area contributed by atoms with Crippen LogP contribution < -0.4 is 0 Å². The van der Waals surface area contributed by atoms with E-state index in [4.69, 9.17) is 9.52 Å². The van der Waals surface area contributed by atoms with Crippen molar-refractivity contribution in [2.75, 3.05) is 0 Å². The molecule has 100 valence electrons. The Bertz CT molecular complexity index is 500. The van der Waals surface area contributed by atoms with E-state index in [0.29, 0.717) is 6.04 Å². The molecule has 1 aromatic heterocycles. The van der Waals surface area contributed by atoms with E-state index < -0.39 is 0 Å². The fraction of sp³-hybridized carbons (Fsp3) is 0.375. The van der Waals surface area contributed by atoms with Crippen LogP contribution in [-0.4, -0.2) is 16.0 Å². The van der Waals surface area contributed by atoms with Crippen LogP contribution in [0, 0.1) is 0 Å². The van der Waals surface area contributed by atoms with Crippen LogP contribution in [0.5, 0.6) is 0 Å². The largest absolute Gasteiger partial charge is 0.468 e. The van der Waals surface area contributed by atoms with Crippen molar-refractivity contribution in [3.8, 4) is 0 Å².